The summed E-state index contributed by atoms with van der Waals surface area (Å²) in [5.41, 5.74) is 0. The molecular formula is C13H20BrNO3S. The van der Waals surface area contributed by atoms with E-state index in [2.05, 4.69) is 21.2 Å². The van der Waals surface area contributed by atoms with Crippen LogP contribution >= 0.6 is 15.9 Å². The van der Waals surface area contributed by atoms with Crippen molar-refractivity contribution in [2.75, 3.05) is 26.0 Å². The molecule has 0 aliphatic carbocycles. The lowest BCUT2D eigenvalue weighted by molar-refractivity contribution is 0.311. The zero-order valence-corrected chi connectivity index (χ0v) is 13.8. The molecular weight excluding hydrogens is 330 g/mol. The van der Waals surface area contributed by atoms with Gasteiger partial charge < -0.3 is 10.1 Å². The summed E-state index contributed by atoms with van der Waals surface area (Å²) in [6.07, 6.45) is 1.26. The second-order valence-corrected chi connectivity index (χ2v) is 8.58. The molecule has 108 valence electrons. The van der Waals surface area contributed by atoms with Gasteiger partial charge in [-0.15, -0.1) is 0 Å². The number of halogens is 1. The second-order valence-electron chi connectivity index (χ2n) is 5.01. The molecule has 0 saturated heterocycles. The lowest BCUT2D eigenvalue weighted by Gasteiger charge is -2.22. The van der Waals surface area contributed by atoms with Gasteiger partial charge in [0.2, 0.25) is 0 Å². The Labute approximate surface area is 123 Å². The molecule has 0 atom stereocenters. The lowest BCUT2D eigenvalue weighted by atomic mass is 10.2. The van der Waals surface area contributed by atoms with E-state index in [1.165, 1.54) is 6.26 Å². The van der Waals surface area contributed by atoms with Crippen LogP contribution in [0, 0.1) is 0 Å². The van der Waals surface area contributed by atoms with Gasteiger partial charge in [0.1, 0.15) is 12.4 Å². The van der Waals surface area contributed by atoms with Crippen molar-refractivity contribution in [3.05, 3.63) is 28.7 Å². The molecule has 0 saturated carbocycles. The van der Waals surface area contributed by atoms with Gasteiger partial charge in [-0.1, -0.05) is 15.9 Å². The highest BCUT2D eigenvalue weighted by Gasteiger charge is 2.29. The van der Waals surface area contributed by atoms with E-state index in [1.54, 1.807) is 13.8 Å². The van der Waals surface area contributed by atoms with Crippen molar-refractivity contribution in [1.82, 2.24) is 5.32 Å². The Bertz CT molecular complexity index is 497. The van der Waals surface area contributed by atoms with Gasteiger partial charge in [0.25, 0.3) is 0 Å². The van der Waals surface area contributed by atoms with E-state index in [-0.39, 0.29) is 0 Å². The minimum Gasteiger partial charge on any atom is -0.492 e. The predicted octanol–water partition coefficient (Wildman–Crippen LogP) is 2.24. The summed E-state index contributed by atoms with van der Waals surface area (Å²) in [6, 6.07) is 7.58. The van der Waals surface area contributed by atoms with E-state index < -0.39 is 14.6 Å². The largest absolute Gasteiger partial charge is 0.492 e. The van der Waals surface area contributed by atoms with Crippen LogP contribution in [0.3, 0.4) is 0 Å². The maximum Gasteiger partial charge on any atom is 0.153 e. The SMILES string of the molecule is CC(C)(CNCCOc1ccc(Br)cc1)S(C)(=O)=O. The van der Waals surface area contributed by atoms with Gasteiger partial charge in [-0.3, -0.25) is 0 Å². The first-order chi connectivity index (χ1) is 8.72. The molecule has 0 unspecified atom stereocenters. The molecule has 0 aliphatic heterocycles. The number of ether oxygens (including phenoxy) is 1. The molecule has 0 radical (unpaired) electrons. The minimum absolute atomic E-state index is 0.412. The van der Waals surface area contributed by atoms with Crippen LogP contribution < -0.4 is 10.1 Å². The number of benzene rings is 1. The zero-order chi connectivity index (χ0) is 14.5. The first kappa shape index (κ1) is 16.5. The number of sulfone groups is 1. The summed E-state index contributed by atoms with van der Waals surface area (Å²) < 4.78 is 28.8. The third kappa shape index (κ3) is 5.50. The fourth-order valence-corrected chi connectivity index (χ4v) is 1.92. The van der Waals surface area contributed by atoms with Gasteiger partial charge in [-0.05, 0) is 38.1 Å². The zero-order valence-electron chi connectivity index (χ0n) is 11.4. The molecule has 0 aromatic heterocycles. The first-order valence-corrected chi connectivity index (χ1v) is 8.69. The van der Waals surface area contributed by atoms with E-state index in [9.17, 15) is 8.42 Å². The van der Waals surface area contributed by atoms with E-state index in [4.69, 9.17) is 4.74 Å². The Balaban J connectivity index is 2.27. The summed E-state index contributed by atoms with van der Waals surface area (Å²) in [4.78, 5) is 0. The summed E-state index contributed by atoms with van der Waals surface area (Å²) >= 11 is 3.35. The molecule has 0 bridgehead atoms. The predicted molar refractivity (Wildman–Crippen MR) is 81.4 cm³/mol. The smallest absolute Gasteiger partial charge is 0.153 e. The minimum atomic E-state index is -3.06. The molecule has 1 aromatic rings. The highest BCUT2D eigenvalue weighted by molar-refractivity contribution is 9.10. The van der Waals surface area contributed by atoms with Crippen molar-refractivity contribution in [2.24, 2.45) is 0 Å². The molecule has 0 spiro atoms. The van der Waals surface area contributed by atoms with Gasteiger partial charge in [-0.2, -0.15) is 0 Å². The average molecular weight is 350 g/mol. The third-order valence-electron chi connectivity index (χ3n) is 2.92. The quantitative estimate of drug-likeness (QED) is 0.767. The van der Waals surface area contributed by atoms with Crippen molar-refractivity contribution in [3.63, 3.8) is 0 Å². The van der Waals surface area contributed by atoms with Crippen LogP contribution in [-0.2, 0) is 9.84 Å². The Kier molecular flexibility index (Phi) is 5.82. The van der Waals surface area contributed by atoms with E-state index in [0.29, 0.717) is 19.7 Å². The van der Waals surface area contributed by atoms with Crippen LogP contribution in [0.15, 0.2) is 28.7 Å². The fraction of sp³-hybridized carbons (Fsp3) is 0.538. The molecule has 0 heterocycles. The van der Waals surface area contributed by atoms with Gasteiger partial charge in [-0.25, -0.2) is 8.42 Å². The Morgan fingerprint density at radius 3 is 2.37 bits per heavy atom. The normalized spacial score (nSPS) is 12.4. The molecule has 1 aromatic carbocycles. The van der Waals surface area contributed by atoms with Crippen LogP contribution in [0.25, 0.3) is 0 Å². The van der Waals surface area contributed by atoms with E-state index in [1.807, 2.05) is 24.3 Å². The van der Waals surface area contributed by atoms with Gasteiger partial charge in [0, 0.05) is 23.8 Å². The van der Waals surface area contributed by atoms with E-state index in [0.717, 1.165) is 10.2 Å². The molecule has 1 N–H and O–H groups in total. The standard InChI is InChI=1S/C13H20BrNO3S/c1-13(2,19(3,16)17)10-15-8-9-18-12-6-4-11(14)5-7-12/h4-7,15H,8-10H2,1-3H3. The maximum absolute atomic E-state index is 11.5. The van der Waals surface area contributed by atoms with Crippen LogP contribution in [0.5, 0.6) is 5.75 Å². The van der Waals surface area contributed by atoms with Crippen molar-refractivity contribution in [2.45, 2.75) is 18.6 Å². The molecule has 19 heavy (non-hydrogen) atoms. The average Bonchev–Trinajstić information content (AvgIpc) is 2.29. The molecule has 1 rings (SSSR count). The Hall–Kier alpha value is -0.590. The van der Waals surface area contributed by atoms with Gasteiger partial charge >= 0.3 is 0 Å². The topological polar surface area (TPSA) is 55.4 Å². The molecule has 0 fully saturated rings. The van der Waals surface area contributed by atoms with Gasteiger partial charge in [0.15, 0.2) is 9.84 Å². The first-order valence-electron chi connectivity index (χ1n) is 6.01. The van der Waals surface area contributed by atoms with Crippen molar-refractivity contribution >= 4 is 25.8 Å². The lowest BCUT2D eigenvalue weighted by Crippen LogP contribution is -2.42. The van der Waals surface area contributed by atoms with Crippen LogP contribution in [0.2, 0.25) is 0 Å². The highest BCUT2D eigenvalue weighted by Crippen LogP contribution is 2.16. The fourth-order valence-electron chi connectivity index (χ4n) is 1.29. The summed E-state index contributed by atoms with van der Waals surface area (Å²) in [5, 5.41) is 3.10. The number of rotatable bonds is 7. The van der Waals surface area contributed by atoms with Crippen molar-refractivity contribution in [1.29, 1.82) is 0 Å². The summed E-state index contributed by atoms with van der Waals surface area (Å²) in [6.45, 7) is 4.95. The highest BCUT2D eigenvalue weighted by atomic mass is 79.9. The Morgan fingerprint density at radius 1 is 1.26 bits per heavy atom. The van der Waals surface area contributed by atoms with Crippen LogP contribution in [0.4, 0.5) is 0 Å². The van der Waals surface area contributed by atoms with Crippen molar-refractivity contribution in [3.8, 4) is 5.75 Å². The Morgan fingerprint density at radius 2 is 1.84 bits per heavy atom. The molecule has 4 nitrogen and oxygen atoms in total. The van der Waals surface area contributed by atoms with Crippen LogP contribution in [0.1, 0.15) is 13.8 Å². The summed E-state index contributed by atoms with van der Waals surface area (Å²) in [7, 11) is -3.06. The van der Waals surface area contributed by atoms with E-state index >= 15 is 0 Å². The second kappa shape index (κ2) is 6.72. The summed E-state index contributed by atoms with van der Waals surface area (Å²) in [5.74, 6) is 0.798. The monoisotopic (exact) mass is 349 g/mol. The maximum atomic E-state index is 11.5. The third-order valence-corrected chi connectivity index (χ3v) is 5.60. The molecule has 0 aliphatic rings. The molecule has 0 amide bonds. The number of hydrogen-bond donors (Lipinski definition) is 1. The van der Waals surface area contributed by atoms with Gasteiger partial charge in [0.05, 0.1) is 4.75 Å². The number of hydrogen-bond acceptors (Lipinski definition) is 4. The van der Waals surface area contributed by atoms with Crippen molar-refractivity contribution < 1.29 is 13.2 Å². The van der Waals surface area contributed by atoms with Crippen LogP contribution in [-0.4, -0.2) is 39.1 Å². The number of nitrogens with one attached hydrogen (secondary N) is 1. The molecule has 6 heteroatoms.